The molecule has 1 rings (SSSR count). The summed E-state index contributed by atoms with van der Waals surface area (Å²) < 4.78 is 5.72. The van der Waals surface area contributed by atoms with Gasteiger partial charge in [0.15, 0.2) is 0 Å². The predicted molar refractivity (Wildman–Crippen MR) is 49.0 cm³/mol. The summed E-state index contributed by atoms with van der Waals surface area (Å²) in [6, 6.07) is 0. The van der Waals surface area contributed by atoms with Gasteiger partial charge in [0.25, 0.3) is 0 Å². The van der Waals surface area contributed by atoms with Crippen LogP contribution in [0.25, 0.3) is 0 Å². The zero-order valence-electron chi connectivity index (χ0n) is 8.50. The molecule has 0 aromatic heterocycles. The Morgan fingerprint density at radius 2 is 2.00 bits per heavy atom. The molecule has 0 aromatic carbocycles. The van der Waals surface area contributed by atoms with Crippen molar-refractivity contribution >= 4 is 0 Å². The molecule has 2 unspecified atom stereocenters. The molecule has 0 radical (unpaired) electrons. The van der Waals surface area contributed by atoms with E-state index in [2.05, 4.69) is 13.8 Å². The van der Waals surface area contributed by atoms with Crippen LogP contribution in [0.5, 0.6) is 0 Å². The van der Waals surface area contributed by atoms with Crippen molar-refractivity contribution in [2.75, 3.05) is 0 Å². The summed E-state index contributed by atoms with van der Waals surface area (Å²) in [6.45, 7) is 8.22. The van der Waals surface area contributed by atoms with Gasteiger partial charge in [0.05, 0.1) is 17.8 Å². The molecule has 1 aliphatic heterocycles. The second-order valence-electron chi connectivity index (χ2n) is 4.69. The molecule has 1 N–H and O–H groups in total. The fourth-order valence-electron chi connectivity index (χ4n) is 1.69. The van der Waals surface area contributed by atoms with E-state index in [1.807, 2.05) is 13.8 Å². The van der Waals surface area contributed by atoms with Gasteiger partial charge in [-0.1, -0.05) is 13.8 Å². The van der Waals surface area contributed by atoms with Gasteiger partial charge in [0.1, 0.15) is 0 Å². The van der Waals surface area contributed by atoms with Crippen LogP contribution >= 0.6 is 0 Å². The van der Waals surface area contributed by atoms with E-state index in [4.69, 9.17) is 4.74 Å². The van der Waals surface area contributed by atoms with Crippen molar-refractivity contribution in [3.63, 3.8) is 0 Å². The Hall–Kier alpha value is -0.0800. The van der Waals surface area contributed by atoms with Gasteiger partial charge in [-0.15, -0.1) is 0 Å². The van der Waals surface area contributed by atoms with E-state index in [0.29, 0.717) is 5.92 Å². The van der Waals surface area contributed by atoms with Crippen LogP contribution in [0.4, 0.5) is 0 Å². The topological polar surface area (TPSA) is 29.5 Å². The van der Waals surface area contributed by atoms with Crippen molar-refractivity contribution < 1.29 is 9.84 Å². The summed E-state index contributed by atoms with van der Waals surface area (Å²) in [5.74, 6) is 0.295. The summed E-state index contributed by atoms with van der Waals surface area (Å²) >= 11 is 0. The fraction of sp³-hybridized carbons (Fsp3) is 1.00. The van der Waals surface area contributed by atoms with E-state index in [9.17, 15) is 5.11 Å². The Balaban J connectivity index is 2.47. The van der Waals surface area contributed by atoms with E-state index in [1.165, 1.54) is 0 Å². The number of aliphatic hydroxyl groups excluding tert-OH is 1. The molecule has 1 heterocycles. The lowest BCUT2D eigenvalue weighted by Gasteiger charge is -2.24. The smallest absolute Gasteiger partial charge is 0.0844 e. The molecule has 1 fully saturated rings. The molecule has 2 heteroatoms. The van der Waals surface area contributed by atoms with E-state index >= 15 is 0 Å². The molecular weight excluding hydrogens is 152 g/mol. The first kappa shape index (κ1) is 10.0. The number of rotatable bonds is 2. The van der Waals surface area contributed by atoms with Gasteiger partial charge in [-0.2, -0.15) is 0 Å². The molecule has 72 valence electrons. The summed E-state index contributed by atoms with van der Waals surface area (Å²) in [7, 11) is 0. The van der Waals surface area contributed by atoms with Crippen molar-refractivity contribution in [1.82, 2.24) is 0 Å². The zero-order valence-corrected chi connectivity index (χ0v) is 8.50. The maximum absolute atomic E-state index is 9.73. The van der Waals surface area contributed by atoms with Crippen LogP contribution < -0.4 is 0 Å². The molecular formula is C10H20O2. The minimum Gasteiger partial charge on any atom is -0.390 e. The molecule has 1 aliphatic rings. The molecule has 2 nitrogen and oxygen atoms in total. The Morgan fingerprint density at radius 3 is 2.33 bits per heavy atom. The average Bonchev–Trinajstić information content (AvgIpc) is 2.28. The molecule has 0 bridgehead atoms. The van der Waals surface area contributed by atoms with Crippen molar-refractivity contribution in [1.29, 1.82) is 0 Å². The Bertz CT molecular complexity index is 152. The first-order valence-corrected chi connectivity index (χ1v) is 4.78. The summed E-state index contributed by atoms with van der Waals surface area (Å²) in [5.41, 5.74) is -0.0272. The van der Waals surface area contributed by atoms with Crippen molar-refractivity contribution in [3.8, 4) is 0 Å². The molecule has 2 atom stereocenters. The largest absolute Gasteiger partial charge is 0.390 e. The van der Waals surface area contributed by atoms with Gasteiger partial charge in [0.2, 0.25) is 0 Å². The van der Waals surface area contributed by atoms with Gasteiger partial charge in [-0.05, 0) is 32.6 Å². The van der Waals surface area contributed by atoms with Crippen molar-refractivity contribution in [3.05, 3.63) is 0 Å². The summed E-state index contributed by atoms with van der Waals surface area (Å²) in [6.07, 6.45) is 1.81. The molecule has 0 aromatic rings. The first-order valence-electron chi connectivity index (χ1n) is 4.78. The Labute approximate surface area is 74.9 Å². The number of hydrogen-bond acceptors (Lipinski definition) is 2. The van der Waals surface area contributed by atoms with Gasteiger partial charge in [0, 0.05) is 0 Å². The quantitative estimate of drug-likeness (QED) is 0.690. The second kappa shape index (κ2) is 3.35. The highest BCUT2D eigenvalue weighted by atomic mass is 16.5. The average molecular weight is 172 g/mol. The van der Waals surface area contributed by atoms with E-state index in [0.717, 1.165) is 12.8 Å². The van der Waals surface area contributed by atoms with Crippen LogP contribution in [0.2, 0.25) is 0 Å². The Morgan fingerprint density at radius 1 is 1.42 bits per heavy atom. The molecule has 0 saturated carbocycles. The lowest BCUT2D eigenvalue weighted by molar-refractivity contribution is -0.0835. The molecule has 0 aliphatic carbocycles. The lowest BCUT2D eigenvalue weighted by Crippen LogP contribution is -2.32. The van der Waals surface area contributed by atoms with E-state index in [-0.39, 0.29) is 17.8 Å². The highest BCUT2D eigenvalue weighted by Crippen LogP contribution is 2.32. The van der Waals surface area contributed by atoms with E-state index < -0.39 is 0 Å². The number of hydrogen-bond donors (Lipinski definition) is 1. The van der Waals surface area contributed by atoms with Gasteiger partial charge in [-0.25, -0.2) is 0 Å². The first-order chi connectivity index (χ1) is 5.42. The highest BCUT2D eigenvalue weighted by Gasteiger charge is 2.36. The maximum atomic E-state index is 9.73. The van der Waals surface area contributed by atoms with Crippen molar-refractivity contribution in [2.24, 2.45) is 5.92 Å². The molecule has 0 amide bonds. The SMILES string of the molecule is CC(C)C(O)C1CCC(C)(C)O1. The normalized spacial score (nSPS) is 31.0. The number of aliphatic hydroxyl groups is 1. The minimum absolute atomic E-state index is 0.0272. The minimum atomic E-state index is -0.299. The third kappa shape index (κ3) is 2.20. The monoisotopic (exact) mass is 172 g/mol. The third-order valence-corrected chi connectivity index (χ3v) is 2.57. The number of ether oxygens (including phenoxy) is 1. The molecule has 1 saturated heterocycles. The van der Waals surface area contributed by atoms with Crippen LogP contribution in [0.15, 0.2) is 0 Å². The van der Waals surface area contributed by atoms with Crippen LogP contribution in [-0.2, 0) is 4.74 Å². The van der Waals surface area contributed by atoms with Crippen LogP contribution in [0.1, 0.15) is 40.5 Å². The maximum Gasteiger partial charge on any atom is 0.0844 e. The van der Waals surface area contributed by atoms with Crippen LogP contribution in [-0.4, -0.2) is 22.9 Å². The lowest BCUT2D eigenvalue weighted by atomic mass is 9.98. The Kier molecular flexibility index (Phi) is 2.79. The van der Waals surface area contributed by atoms with Crippen LogP contribution in [0, 0.1) is 5.92 Å². The standard InChI is InChI=1S/C10H20O2/c1-7(2)9(11)8-5-6-10(3,4)12-8/h7-9,11H,5-6H2,1-4H3. The zero-order chi connectivity index (χ0) is 9.35. The van der Waals surface area contributed by atoms with Gasteiger partial charge < -0.3 is 9.84 Å². The summed E-state index contributed by atoms with van der Waals surface area (Å²) in [4.78, 5) is 0. The fourth-order valence-corrected chi connectivity index (χ4v) is 1.69. The van der Waals surface area contributed by atoms with Crippen LogP contribution in [0.3, 0.4) is 0 Å². The van der Waals surface area contributed by atoms with E-state index in [1.54, 1.807) is 0 Å². The predicted octanol–water partition coefficient (Wildman–Crippen LogP) is 1.96. The van der Waals surface area contributed by atoms with Gasteiger partial charge >= 0.3 is 0 Å². The summed E-state index contributed by atoms with van der Waals surface area (Å²) in [5, 5.41) is 9.73. The third-order valence-electron chi connectivity index (χ3n) is 2.57. The molecule has 0 spiro atoms. The van der Waals surface area contributed by atoms with Gasteiger partial charge in [-0.3, -0.25) is 0 Å². The highest BCUT2D eigenvalue weighted by molar-refractivity contribution is 4.85. The molecule has 12 heavy (non-hydrogen) atoms. The van der Waals surface area contributed by atoms with Crippen molar-refractivity contribution in [2.45, 2.75) is 58.3 Å². The second-order valence-corrected chi connectivity index (χ2v) is 4.69.